The van der Waals surface area contributed by atoms with Crippen molar-refractivity contribution in [3.05, 3.63) is 36.0 Å². The van der Waals surface area contributed by atoms with Gasteiger partial charge in [-0.1, -0.05) is 12.1 Å². The molecule has 4 nitrogen and oxygen atoms in total. The first kappa shape index (κ1) is 12.6. The minimum atomic E-state index is 0.431. The molecule has 1 aromatic carbocycles. The lowest BCUT2D eigenvalue weighted by Gasteiger charge is -1.99. The minimum absolute atomic E-state index is 0.431. The number of fused-ring (bicyclic) bond motifs is 1. The molecular weight excluding hydrogens is 230 g/mol. The molecule has 4 heteroatoms. The highest BCUT2D eigenvalue weighted by Crippen LogP contribution is 2.22. The van der Waals surface area contributed by atoms with E-state index in [4.69, 9.17) is 4.74 Å². The maximum atomic E-state index is 9.18. The Bertz CT molecular complexity index is 502. The molecule has 0 amide bonds. The Morgan fingerprint density at radius 2 is 2.33 bits per heavy atom. The van der Waals surface area contributed by atoms with E-state index in [1.165, 1.54) is 16.5 Å². The van der Waals surface area contributed by atoms with Gasteiger partial charge in [0.2, 0.25) is 0 Å². The van der Waals surface area contributed by atoms with Gasteiger partial charge in [-0.2, -0.15) is 0 Å². The molecule has 0 unspecified atom stereocenters. The zero-order valence-corrected chi connectivity index (χ0v) is 10.4. The Hall–Kier alpha value is -1.81. The molecule has 1 saturated heterocycles. The summed E-state index contributed by atoms with van der Waals surface area (Å²) in [5.41, 5.74) is 2.61. The Morgan fingerprint density at radius 1 is 1.50 bits per heavy atom. The van der Waals surface area contributed by atoms with Crippen molar-refractivity contribution in [2.24, 2.45) is 0 Å². The second kappa shape index (κ2) is 6.21. The normalized spacial score (nSPS) is 16.8. The summed E-state index contributed by atoms with van der Waals surface area (Å²) in [6, 6.07) is 8.51. The van der Waals surface area contributed by atoms with Gasteiger partial charge >= 0.3 is 0 Å². The van der Waals surface area contributed by atoms with E-state index in [1.807, 2.05) is 6.20 Å². The molecule has 0 radical (unpaired) electrons. The van der Waals surface area contributed by atoms with Gasteiger partial charge in [0.15, 0.2) is 0 Å². The molecule has 1 aliphatic rings. The molecule has 1 atom stereocenters. The zero-order valence-electron chi connectivity index (χ0n) is 10.4. The van der Waals surface area contributed by atoms with Crippen LogP contribution in [0.2, 0.25) is 0 Å². The van der Waals surface area contributed by atoms with Crippen molar-refractivity contribution in [3.8, 4) is 0 Å². The topological polar surface area (TPSA) is 54.6 Å². The third kappa shape index (κ3) is 3.34. The number of aromatic nitrogens is 1. The summed E-state index contributed by atoms with van der Waals surface area (Å²) in [6.45, 7) is 3.60. The maximum Gasteiger partial charge on any atom is 0.293 e. The van der Waals surface area contributed by atoms with E-state index in [1.54, 1.807) is 6.92 Å². The second-order valence-electron chi connectivity index (χ2n) is 4.07. The van der Waals surface area contributed by atoms with E-state index < -0.39 is 0 Å². The van der Waals surface area contributed by atoms with Crippen LogP contribution >= 0.6 is 0 Å². The molecule has 96 valence electrons. The summed E-state index contributed by atoms with van der Waals surface area (Å²) in [5, 5.41) is 1.33. The molecule has 18 heavy (non-hydrogen) atoms. The molecule has 0 spiro atoms. The minimum Gasteiger partial charge on any atom is -0.468 e. The maximum absolute atomic E-state index is 9.18. The summed E-state index contributed by atoms with van der Waals surface area (Å²) in [4.78, 5) is 12.4. The van der Waals surface area contributed by atoms with Crippen LogP contribution in [-0.4, -0.2) is 30.8 Å². The highest BCUT2D eigenvalue weighted by atomic mass is 16.6. The van der Waals surface area contributed by atoms with Crippen molar-refractivity contribution in [1.29, 1.82) is 0 Å². The molecular formula is C14H17NO3. The third-order valence-electron chi connectivity index (χ3n) is 2.77. The predicted molar refractivity (Wildman–Crippen MR) is 69.4 cm³/mol. The second-order valence-corrected chi connectivity index (χ2v) is 4.07. The Kier molecular flexibility index (Phi) is 4.36. The van der Waals surface area contributed by atoms with Crippen LogP contribution in [0.4, 0.5) is 0 Å². The standard InChI is InChI=1S/C11H11NO.C3H6O2/c1-2-8(6-9-7-13-9)10-4-5-12-11(10)3-1;1-2-5-3-4/h1-5,9,12H,6-7H2;3H,2H2,1H3/t9-;/m0./s1. The fourth-order valence-corrected chi connectivity index (χ4v) is 1.83. The van der Waals surface area contributed by atoms with Gasteiger partial charge in [-0.05, 0) is 24.6 Å². The Labute approximate surface area is 106 Å². The molecule has 1 aliphatic heterocycles. The van der Waals surface area contributed by atoms with Gasteiger partial charge in [-0.25, -0.2) is 0 Å². The average Bonchev–Trinajstić information content (AvgIpc) is 3.06. The van der Waals surface area contributed by atoms with Crippen LogP contribution in [0.1, 0.15) is 12.5 Å². The van der Waals surface area contributed by atoms with Crippen LogP contribution in [-0.2, 0) is 20.7 Å². The van der Waals surface area contributed by atoms with Gasteiger partial charge in [0.05, 0.1) is 19.3 Å². The van der Waals surface area contributed by atoms with Gasteiger partial charge in [0.25, 0.3) is 6.47 Å². The van der Waals surface area contributed by atoms with Crippen molar-refractivity contribution in [3.63, 3.8) is 0 Å². The summed E-state index contributed by atoms with van der Waals surface area (Å²) >= 11 is 0. The molecule has 1 fully saturated rings. The van der Waals surface area contributed by atoms with Gasteiger partial charge in [0.1, 0.15) is 0 Å². The van der Waals surface area contributed by atoms with Crippen molar-refractivity contribution in [2.75, 3.05) is 13.2 Å². The first-order valence-electron chi connectivity index (χ1n) is 6.07. The summed E-state index contributed by atoms with van der Waals surface area (Å²) < 4.78 is 9.38. The highest BCUT2D eigenvalue weighted by Gasteiger charge is 2.23. The van der Waals surface area contributed by atoms with E-state index in [0.717, 1.165) is 13.0 Å². The van der Waals surface area contributed by atoms with Crippen LogP contribution in [0.3, 0.4) is 0 Å². The van der Waals surface area contributed by atoms with E-state index >= 15 is 0 Å². The number of hydrogen-bond acceptors (Lipinski definition) is 3. The highest BCUT2D eigenvalue weighted by molar-refractivity contribution is 5.82. The van der Waals surface area contributed by atoms with Crippen molar-refractivity contribution in [1.82, 2.24) is 4.98 Å². The molecule has 2 heterocycles. The van der Waals surface area contributed by atoms with E-state index in [0.29, 0.717) is 19.2 Å². The van der Waals surface area contributed by atoms with Crippen LogP contribution in [0.15, 0.2) is 30.5 Å². The lowest BCUT2D eigenvalue weighted by molar-refractivity contribution is -0.128. The number of H-pyrrole nitrogens is 1. The van der Waals surface area contributed by atoms with Crippen molar-refractivity contribution < 1.29 is 14.3 Å². The molecule has 0 bridgehead atoms. The first-order chi connectivity index (χ1) is 8.85. The average molecular weight is 247 g/mol. The van der Waals surface area contributed by atoms with Gasteiger partial charge in [0, 0.05) is 23.5 Å². The SMILES string of the molecule is CCOC=O.c1cc(C[C@H]2CO2)c2cc[nH]c2c1. The van der Waals surface area contributed by atoms with E-state index in [9.17, 15) is 4.79 Å². The number of ether oxygens (including phenoxy) is 2. The number of epoxide rings is 1. The molecule has 1 N–H and O–H groups in total. The smallest absolute Gasteiger partial charge is 0.293 e. The molecule has 0 saturated carbocycles. The van der Waals surface area contributed by atoms with E-state index in [-0.39, 0.29) is 0 Å². The van der Waals surface area contributed by atoms with Crippen molar-refractivity contribution >= 4 is 17.4 Å². The number of nitrogens with one attached hydrogen (secondary N) is 1. The summed E-state index contributed by atoms with van der Waals surface area (Å²) in [6.07, 6.45) is 3.51. The summed E-state index contributed by atoms with van der Waals surface area (Å²) in [5.74, 6) is 0. The van der Waals surface area contributed by atoms with Gasteiger partial charge in [-0.15, -0.1) is 0 Å². The van der Waals surface area contributed by atoms with Crippen LogP contribution in [0.25, 0.3) is 10.9 Å². The first-order valence-corrected chi connectivity index (χ1v) is 6.07. The third-order valence-corrected chi connectivity index (χ3v) is 2.77. The monoisotopic (exact) mass is 247 g/mol. The van der Waals surface area contributed by atoms with Gasteiger partial charge in [-0.3, -0.25) is 4.79 Å². The zero-order chi connectivity index (χ0) is 12.8. The molecule has 3 rings (SSSR count). The fourth-order valence-electron chi connectivity index (χ4n) is 1.83. The fraction of sp³-hybridized carbons (Fsp3) is 0.357. The Balaban J connectivity index is 0.000000209. The van der Waals surface area contributed by atoms with Gasteiger partial charge < -0.3 is 14.5 Å². The van der Waals surface area contributed by atoms with Crippen LogP contribution in [0, 0.1) is 0 Å². The Morgan fingerprint density at radius 3 is 2.94 bits per heavy atom. The predicted octanol–water partition coefficient (Wildman–Crippen LogP) is 2.29. The number of carbonyl (C=O) groups excluding carboxylic acids is 1. The number of aromatic amines is 1. The van der Waals surface area contributed by atoms with Crippen LogP contribution < -0.4 is 0 Å². The molecule has 1 aromatic heterocycles. The number of hydrogen-bond donors (Lipinski definition) is 1. The molecule has 0 aliphatic carbocycles. The number of carbonyl (C=O) groups is 1. The van der Waals surface area contributed by atoms with E-state index in [2.05, 4.69) is 34.0 Å². The lowest BCUT2D eigenvalue weighted by Crippen LogP contribution is -1.92. The lowest BCUT2D eigenvalue weighted by atomic mass is 10.1. The quantitative estimate of drug-likeness (QED) is 0.666. The largest absolute Gasteiger partial charge is 0.468 e. The van der Waals surface area contributed by atoms with Crippen molar-refractivity contribution in [2.45, 2.75) is 19.4 Å². The summed E-state index contributed by atoms with van der Waals surface area (Å²) in [7, 11) is 0. The molecule has 2 aromatic rings. The number of rotatable bonds is 4. The number of benzene rings is 1. The van der Waals surface area contributed by atoms with Crippen LogP contribution in [0.5, 0.6) is 0 Å².